The minimum atomic E-state index is -0.815. The van der Waals surface area contributed by atoms with Gasteiger partial charge in [-0.05, 0) is 22.6 Å². The largest absolute Gasteiger partial charge is 0.359 e. The summed E-state index contributed by atoms with van der Waals surface area (Å²) in [6, 6.07) is 9.46. The number of aromatic nitrogens is 6. The van der Waals surface area contributed by atoms with E-state index < -0.39 is 17.5 Å². The lowest BCUT2D eigenvalue weighted by atomic mass is 10.1. The highest BCUT2D eigenvalue weighted by atomic mass is 19.1. The van der Waals surface area contributed by atoms with Crippen LogP contribution >= 0.6 is 0 Å². The van der Waals surface area contributed by atoms with E-state index in [1.165, 1.54) is 18.2 Å². The van der Waals surface area contributed by atoms with Gasteiger partial charge in [0.15, 0.2) is 5.82 Å². The number of rotatable bonds is 7. The zero-order valence-corrected chi connectivity index (χ0v) is 19.3. The summed E-state index contributed by atoms with van der Waals surface area (Å²) in [4.78, 5) is 41.3. The van der Waals surface area contributed by atoms with E-state index in [2.05, 4.69) is 37.6 Å². The number of pyridine rings is 1. The Bertz CT molecular complexity index is 1440. The number of carbonyl (C=O) groups excluding carboxylic acids is 2. The Morgan fingerprint density at radius 1 is 1.17 bits per heavy atom. The Morgan fingerprint density at radius 3 is 2.64 bits per heavy atom. The fraction of sp³-hybridized carbons (Fsp3) is 0.217. The van der Waals surface area contributed by atoms with Gasteiger partial charge in [0.2, 0.25) is 5.95 Å². The van der Waals surface area contributed by atoms with Gasteiger partial charge in [0.25, 0.3) is 11.7 Å². The van der Waals surface area contributed by atoms with E-state index in [0.29, 0.717) is 19.0 Å². The van der Waals surface area contributed by atoms with Crippen LogP contribution in [-0.2, 0) is 9.63 Å². The molecule has 1 aliphatic heterocycles. The summed E-state index contributed by atoms with van der Waals surface area (Å²) in [5.41, 5.74) is 4.04. The number of para-hydroxylation sites is 1. The van der Waals surface area contributed by atoms with Crippen molar-refractivity contribution in [2.24, 2.45) is 0 Å². The van der Waals surface area contributed by atoms with Gasteiger partial charge >= 0.3 is 0 Å². The van der Waals surface area contributed by atoms with E-state index in [1.807, 2.05) is 35.2 Å². The van der Waals surface area contributed by atoms with Crippen LogP contribution in [0.5, 0.6) is 0 Å². The summed E-state index contributed by atoms with van der Waals surface area (Å²) >= 11 is 0. The van der Waals surface area contributed by atoms with Crippen molar-refractivity contribution < 1.29 is 18.8 Å². The molecule has 0 atom stereocenters. The van der Waals surface area contributed by atoms with Crippen LogP contribution in [0, 0.1) is 5.82 Å². The van der Waals surface area contributed by atoms with Gasteiger partial charge in [-0.1, -0.05) is 29.9 Å². The van der Waals surface area contributed by atoms with Gasteiger partial charge in [-0.2, -0.15) is 4.68 Å². The van der Waals surface area contributed by atoms with E-state index >= 15 is 0 Å². The van der Waals surface area contributed by atoms with Gasteiger partial charge in [-0.25, -0.2) is 9.37 Å². The first-order chi connectivity index (χ1) is 17.5. The van der Waals surface area contributed by atoms with Gasteiger partial charge < -0.3 is 14.8 Å². The standard InChI is InChI=1S/C23H22FN9O3/c1-14(28-36-2)19-20-18(17(24)13-26-19)16(12-25-20)21(34)22(35)31-8-10-32(11-9-31)23-27-29-30-33(23)15-6-4-3-5-7-15/h3-7,12-13,25,28H,1,8-11H2,2H3. The maximum Gasteiger partial charge on any atom is 0.295 e. The van der Waals surface area contributed by atoms with Gasteiger partial charge in [0.05, 0.1) is 41.2 Å². The molecule has 184 valence electrons. The van der Waals surface area contributed by atoms with Crippen molar-refractivity contribution in [3.8, 4) is 5.69 Å². The second-order valence-corrected chi connectivity index (χ2v) is 8.03. The van der Waals surface area contributed by atoms with Crippen molar-refractivity contribution in [1.82, 2.24) is 40.6 Å². The third-order valence-electron chi connectivity index (χ3n) is 5.92. The average Bonchev–Trinajstić information content (AvgIpc) is 3.57. The number of fused-ring (bicyclic) bond motifs is 1. The smallest absolute Gasteiger partial charge is 0.295 e. The van der Waals surface area contributed by atoms with Crippen molar-refractivity contribution in [1.29, 1.82) is 0 Å². The summed E-state index contributed by atoms with van der Waals surface area (Å²) in [5.74, 6) is -1.72. The Morgan fingerprint density at radius 2 is 1.92 bits per heavy atom. The number of anilines is 1. The minimum absolute atomic E-state index is 0.0296. The first kappa shape index (κ1) is 23.1. The molecule has 0 aliphatic carbocycles. The molecular weight excluding hydrogens is 469 g/mol. The Hall–Kier alpha value is -4.65. The number of nitrogens with one attached hydrogen (secondary N) is 2. The minimum Gasteiger partial charge on any atom is -0.359 e. The highest BCUT2D eigenvalue weighted by molar-refractivity contribution is 6.45. The molecule has 12 nitrogen and oxygen atoms in total. The number of benzene rings is 1. The number of tetrazole rings is 1. The molecule has 0 radical (unpaired) electrons. The number of piperazine rings is 1. The van der Waals surface area contributed by atoms with E-state index in [4.69, 9.17) is 4.84 Å². The summed E-state index contributed by atoms with van der Waals surface area (Å²) in [7, 11) is 1.40. The number of H-pyrrole nitrogens is 1. The molecule has 1 aliphatic rings. The third-order valence-corrected chi connectivity index (χ3v) is 5.92. The fourth-order valence-electron chi connectivity index (χ4n) is 4.17. The number of aromatic amines is 1. The van der Waals surface area contributed by atoms with Gasteiger partial charge in [-0.3, -0.25) is 19.9 Å². The predicted octanol–water partition coefficient (Wildman–Crippen LogP) is 1.33. The molecule has 13 heteroatoms. The second kappa shape index (κ2) is 9.54. The van der Waals surface area contributed by atoms with Gasteiger partial charge in [0.1, 0.15) is 5.69 Å². The number of Topliss-reactive ketones (excluding diaryl/α,β-unsaturated/α-hetero) is 1. The topological polar surface area (TPSA) is 134 Å². The van der Waals surface area contributed by atoms with Gasteiger partial charge in [0, 0.05) is 32.4 Å². The van der Waals surface area contributed by atoms with Crippen LogP contribution in [0.1, 0.15) is 16.1 Å². The highest BCUT2D eigenvalue weighted by Crippen LogP contribution is 2.27. The number of amides is 1. The molecule has 1 fully saturated rings. The van der Waals surface area contributed by atoms with Gasteiger partial charge in [-0.15, -0.1) is 0 Å². The number of hydrogen-bond acceptors (Lipinski definition) is 9. The van der Waals surface area contributed by atoms with E-state index in [0.717, 1.165) is 11.9 Å². The monoisotopic (exact) mass is 491 g/mol. The molecular formula is C23H22FN9O3. The summed E-state index contributed by atoms with van der Waals surface area (Å²) in [5, 5.41) is 11.9. The first-order valence-electron chi connectivity index (χ1n) is 11.1. The number of nitrogens with zero attached hydrogens (tertiary/aromatic N) is 7. The quantitative estimate of drug-likeness (QED) is 0.223. The van der Waals surface area contributed by atoms with Crippen molar-refractivity contribution in [3.05, 3.63) is 66.4 Å². The van der Waals surface area contributed by atoms with Crippen LogP contribution in [0.4, 0.5) is 10.3 Å². The van der Waals surface area contributed by atoms with E-state index in [1.54, 1.807) is 4.68 Å². The lowest BCUT2D eigenvalue weighted by Crippen LogP contribution is -2.51. The van der Waals surface area contributed by atoms with Crippen LogP contribution in [0.25, 0.3) is 22.3 Å². The summed E-state index contributed by atoms with van der Waals surface area (Å²) < 4.78 is 16.3. The molecule has 4 aromatic rings. The molecule has 36 heavy (non-hydrogen) atoms. The van der Waals surface area contributed by atoms with Crippen molar-refractivity contribution in [2.45, 2.75) is 0 Å². The molecule has 1 aromatic carbocycles. The number of ketones is 1. The molecule has 2 N–H and O–H groups in total. The second-order valence-electron chi connectivity index (χ2n) is 8.03. The van der Waals surface area contributed by atoms with Crippen molar-refractivity contribution in [2.75, 3.05) is 38.2 Å². The number of hydrogen-bond donors (Lipinski definition) is 2. The molecule has 0 unspecified atom stereocenters. The molecule has 0 saturated carbocycles. The third kappa shape index (κ3) is 4.05. The van der Waals surface area contributed by atoms with Crippen LogP contribution in [0.15, 0.2) is 49.3 Å². The van der Waals surface area contributed by atoms with Crippen molar-refractivity contribution >= 4 is 34.2 Å². The SMILES string of the molecule is C=C(NOC)c1ncc(F)c2c(C(=O)C(=O)N3CCN(c4nnnn4-c4ccccc4)CC3)c[nH]c12. The Labute approximate surface area is 204 Å². The van der Waals surface area contributed by atoms with Crippen molar-refractivity contribution in [3.63, 3.8) is 0 Å². The van der Waals surface area contributed by atoms with Crippen LogP contribution < -0.4 is 10.4 Å². The Balaban J connectivity index is 1.32. The number of carbonyl (C=O) groups is 2. The normalized spacial score (nSPS) is 13.7. The lowest BCUT2D eigenvalue weighted by molar-refractivity contribution is -0.126. The highest BCUT2D eigenvalue weighted by Gasteiger charge is 2.31. The first-order valence-corrected chi connectivity index (χ1v) is 11.1. The average molecular weight is 491 g/mol. The van der Waals surface area contributed by atoms with Crippen LogP contribution in [0.2, 0.25) is 0 Å². The zero-order chi connectivity index (χ0) is 25.2. The maximum atomic E-state index is 14.7. The van der Waals surface area contributed by atoms with Crippen LogP contribution in [-0.4, -0.2) is 80.1 Å². The molecule has 5 rings (SSSR count). The Kier molecular flexibility index (Phi) is 6.12. The molecule has 0 spiro atoms. The molecule has 4 heterocycles. The molecule has 0 bridgehead atoms. The number of hydroxylamine groups is 1. The van der Waals surface area contributed by atoms with E-state index in [-0.39, 0.29) is 40.9 Å². The summed E-state index contributed by atoms with van der Waals surface area (Å²) in [6.07, 6.45) is 2.29. The predicted molar refractivity (Wildman–Crippen MR) is 128 cm³/mol. The fourth-order valence-corrected chi connectivity index (χ4v) is 4.17. The maximum absolute atomic E-state index is 14.7. The lowest BCUT2D eigenvalue weighted by Gasteiger charge is -2.34. The molecule has 1 saturated heterocycles. The molecule has 1 amide bonds. The molecule has 3 aromatic heterocycles. The van der Waals surface area contributed by atoms with E-state index in [9.17, 15) is 14.0 Å². The van der Waals surface area contributed by atoms with Crippen LogP contribution in [0.3, 0.4) is 0 Å². The zero-order valence-electron chi connectivity index (χ0n) is 19.3. The number of halogens is 1. The summed E-state index contributed by atoms with van der Waals surface area (Å²) in [6.45, 7) is 5.19.